The van der Waals surface area contributed by atoms with Crippen molar-refractivity contribution in [3.8, 4) is 5.75 Å². The van der Waals surface area contributed by atoms with Crippen molar-refractivity contribution in [2.45, 2.75) is 20.0 Å². The molecule has 24 heavy (non-hydrogen) atoms. The second-order valence-electron chi connectivity index (χ2n) is 5.36. The molecule has 0 aliphatic rings. The van der Waals surface area contributed by atoms with E-state index >= 15 is 0 Å². The van der Waals surface area contributed by atoms with Crippen LogP contribution in [0.4, 0.5) is 11.6 Å². The normalized spacial score (nSPS) is 10.5. The van der Waals surface area contributed by atoms with Gasteiger partial charge in [0.25, 0.3) is 5.91 Å². The van der Waals surface area contributed by atoms with Crippen molar-refractivity contribution in [3.05, 3.63) is 42.2 Å². The van der Waals surface area contributed by atoms with Crippen LogP contribution in [0.25, 0.3) is 0 Å². The third kappa shape index (κ3) is 5.51. The second kappa shape index (κ2) is 8.83. The maximum Gasteiger partial charge on any atom is 0.258 e. The molecule has 2 aromatic rings. The SMILES string of the molecule is COCCNc1ncc(C(=O)Nc2ccc(OC(C)C)cc2)cn1. The molecule has 0 aliphatic carbocycles. The average molecular weight is 330 g/mol. The summed E-state index contributed by atoms with van der Waals surface area (Å²) < 4.78 is 10.5. The molecule has 0 saturated carbocycles. The van der Waals surface area contributed by atoms with Gasteiger partial charge in [0.2, 0.25) is 5.95 Å². The molecule has 0 unspecified atom stereocenters. The molecular formula is C17H22N4O3. The van der Waals surface area contributed by atoms with E-state index in [1.54, 1.807) is 19.2 Å². The third-order valence-electron chi connectivity index (χ3n) is 2.99. The van der Waals surface area contributed by atoms with Gasteiger partial charge in [0, 0.05) is 31.7 Å². The minimum atomic E-state index is -0.268. The van der Waals surface area contributed by atoms with Crippen LogP contribution in [0.3, 0.4) is 0 Å². The predicted octanol–water partition coefficient (Wildman–Crippen LogP) is 2.57. The van der Waals surface area contributed by atoms with Gasteiger partial charge in [-0.2, -0.15) is 0 Å². The van der Waals surface area contributed by atoms with Gasteiger partial charge in [0.05, 0.1) is 18.3 Å². The van der Waals surface area contributed by atoms with Gasteiger partial charge in [-0.25, -0.2) is 9.97 Å². The number of carbonyl (C=O) groups excluding carboxylic acids is 1. The number of nitrogens with zero attached hydrogens (tertiary/aromatic N) is 2. The largest absolute Gasteiger partial charge is 0.491 e. The highest BCUT2D eigenvalue weighted by molar-refractivity contribution is 6.03. The first-order valence-corrected chi connectivity index (χ1v) is 7.71. The van der Waals surface area contributed by atoms with Crippen molar-refractivity contribution >= 4 is 17.5 Å². The molecule has 1 aromatic carbocycles. The Morgan fingerprint density at radius 3 is 2.42 bits per heavy atom. The highest BCUT2D eigenvalue weighted by Crippen LogP contribution is 2.17. The molecule has 0 atom stereocenters. The molecule has 1 aromatic heterocycles. The van der Waals surface area contributed by atoms with Crippen LogP contribution in [0.1, 0.15) is 24.2 Å². The summed E-state index contributed by atoms with van der Waals surface area (Å²) in [5.74, 6) is 0.951. The number of rotatable bonds is 8. The quantitative estimate of drug-likeness (QED) is 0.724. The van der Waals surface area contributed by atoms with E-state index in [1.807, 2.05) is 26.0 Å². The Hall–Kier alpha value is -2.67. The molecule has 0 spiro atoms. The van der Waals surface area contributed by atoms with Gasteiger partial charge in [-0.1, -0.05) is 0 Å². The molecule has 7 heteroatoms. The number of ether oxygens (including phenoxy) is 2. The van der Waals surface area contributed by atoms with Gasteiger partial charge in [0.15, 0.2) is 0 Å². The standard InChI is InChI=1S/C17H22N4O3/c1-12(2)24-15-6-4-14(5-7-15)21-16(22)13-10-19-17(20-11-13)18-8-9-23-3/h4-7,10-12H,8-9H2,1-3H3,(H,21,22)(H,18,19,20). The number of nitrogens with one attached hydrogen (secondary N) is 2. The van der Waals surface area contributed by atoms with Gasteiger partial charge in [0.1, 0.15) is 5.75 Å². The fraction of sp³-hybridized carbons (Fsp3) is 0.353. The van der Waals surface area contributed by atoms with E-state index in [9.17, 15) is 4.79 Å². The lowest BCUT2D eigenvalue weighted by Crippen LogP contribution is -2.14. The first-order valence-electron chi connectivity index (χ1n) is 7.71. The van der Waals surface area contributed by atoms with Crippen LogP contribution in [-0.4, -0.2) is 42.2 Å². The molecule has 0 fully saturated rings. The lowest BCUT2D eigenvalue weighted by atomic mass is 10.2. The average Bonchev–Trinajstić information content (AvgIpc) is 2.57. The second-order valence-corrected chi connectivity index (χ2v) is 5.36. The van der Waals surface area contributed by atoms with Crippen LogP contribution < -0.4 is 15.4 Å². The summed E-state index contributed by atoms with van der Waals surface area (Å²) in [4.78, 5) is 20.4. The van der Waals surface area contributed by atoms with E-state index in [0.717, 1.165) is 5.75 Å². The van der Waals surface area contributed by atoms with Crippen molar-refractivity contribution in [1.82, 2.24) is 9.97 Å². The van der Waals surface area contributed by atoms with Crippen LogP contribution in [0.2, 0.25) is 0 Å². The van der Waals surface area contributed by atoms with E-state index in [0.29, 0.717) is 30.4 Å². The third-order valence-corrected chi connectivity index (χ3v) is 2.99. The summed E-state index contributed by atoms with van der Waals surface area (Å²) in [7, 11) is 1.62. The zero-order valence-corrected chi connectivity index (χ0v) is 14.1. The minimum absolute atomic E-state index is 0.110. The first-order chi connectivity index (χ1) is 11.6. The van der Waals surface area contributed by atoms with Crippen molar-refractivity contribution in [1.29, 1.82) is 0 Å². The van der Waals surface area contributed by atoms with Gasteiger partial charge in [-0.15, -0.1) is 0 Å². The van der Waals surface area contributed by atoms with Crippen molar-refractivity contribution < 1.29 is 14.3 Å². The Bertz CT molecular complexity index is 642. The molecule has 0 aliphatic heterocycles. The number of hydrogen-bond donors (Lipinski definition) is 2. The Labute approximate surface area is 141 Å². The Balaban J connectivity index is 1.91. The highest BCUT2D eigenvalue weighted by Gasteiger charge is 2.08. The van der Waals surface area contributed by atoms with E-state index in [2.05, 4.69) is 20.6 Å². The van der Waals surface area contributed by atoms with Crippen molar-refractivity contribution in [3.63, 3.8) is 0 Å². The summed E-state index contributed by atoms with van der Waals surface area (Å²) in [5, 5.41) is 5.79. The maximum atomic E-state index is 12.2. The van der Waals surface area contributed by atoms with Gasteiger partial charge < -0.3 is 20.1 Å². The van der Waals surface area contributed by atoms with Crippen molar-refractivity contribution in [2.24, 2.45) is 0 Å². The number of benzene rings is 1. The molecule has 1 heterocycles. The molecule has 1 amide bonds. The first kappa shape index (κ1) is 17.7. The smallest absolute Gasteiger partial charge is 0.258 e. The summed E-state index contributed by atoms with van der Waals surface area (Å²) in [6.45, 7) is 5.09. The summed E-state index contributed by atoms with van der Waals surface area (Å²) in [6.07, 6.45) is 3.07. The fourth-order valence-corrected chi connectivity index (χ4v) is 1.89. The Morgan fingerprint density at radius 1 is 1.17 bits per heavy atom. The molecule has 0 bridgehead atoms. The molecule has 128 valence electrons. The molecule has 0 radical (unpaired) electrons. The fourth-order valence-electron chi connectivity index (χ4n) is 1.89. The van der Waals surface area contributed by atoms with E-state index < -0.39 is 0 Å². The Kier molecular flexibility index (Phi) is 6.51. The molecule has 0 saturated heterocycles. The van der Waals surface area contributed by atoms with Gasteiger partial charge in [-0.05, 0) is 38.1 Å². The molecule has 2 rings (SSSR count). The maximum absolute atomic E-state index is 12.2. The topological polar surface area (TPSA) is 85.4 Å². The van der Waals surface area contributed by atoms with E-state index in [-0.39, 0.29) is 12.0 Å². The van der Waals surface area contributed by atoms with E-state index in [4.69, 9.17) is 9.47 Å². The van der Waals surface area contributed by atoms with Crippen LogP contribution in [-0.2, 0) is 4.74 Å². The summed E-state index contributed by atoms with van der Waals surface area (Å²) in [5.41, 5.74) is 1.06. The van der Waals surface area contributed by atoms with Crippen LogP contribution >= 0.6 is 0 Å². The zero-order valence-electron chi connectivity index (χ0n) is 14.1. The van der Waals surface area contributed by atoms with Crippen LogP contribution in [0.5, 0.6) is 5.75 Å². The monoisotopic (exact) mass is 330 g/mol. The van der Waals surface area contributed by atoms with Crippen molar-refractivity contribution in [2.75, 3.05) is 30.9 Å². The van der Waals surface area contributed by atoms with Gasteiger partial charge in [-0.3, -0.25) is 4.79 Å². The molecule has 2 N–H and O–H groups in total. The molecule has 7 nitrogen and oxygen atoms in total. The number of methoxy groups -OCH3 is 1. The Morgan fingerprint density at radius 2 is 1.83 bits per heavy atom. The number of hydrogen-bond acceptors (Lipinski definition) is 6. The summed E-state index contributed by atoms with van der Waals surface area (Å²) >= 11 is 0. The number of anilines is 2. The minimum Gasteiger partial charge on any atom is -0.491 e. The zero-order chi connectivity index (χ0) is 17.4. The lowest BCUT2D eigenvalue weighted by molar-refractivity contribution is 0.102. The number of amides is 1. The van der Waals surface area contributed by atoms with E-state index in [1.165, 1.54) is 12.4 Å². The lowest BCUT2D eigenvalue weighted by Gasteiger charge is -2.10. The molecular weight excluding hydrogens is 308 g/mol. The highest BCUT2D eigenvalue weighted by atomic mass is 16.5. The predicted molar refractivity (Wildman–Crippen MR) is 92.6 cm³/mol. The number of carbonyl (C=O) groups is 1. The van der Waals surface area contributed by atoms with Gasteiger partial charge >= 0.3 is 0 Å². The van der Waals surface area contributed by atoms with Crippen LogP contribution in [0.15, 0.2) is 36.7 Å². The van der Waals surface area contributed by atoms with Crippen LogP contribution in [0, 0.1) is 0 Å². The number of aromatic nitrogens is 2. The summed E-state index contributed by atoms with van der Waals surface area (Å²) in [6, 6.07) is 7.21.